The number of piperidine rings is 1. The highest BCUT2D eigenvalue weighted by Gasteiger charge is 2.29. The zero-order valence-electron chi connectivity index (χ0n) is 14.2. The third-order valence-electron chi connectivity index (χ3n) is 4.75. The zero-order valence-corrected chi connectivity index (χ0v) is 15.0. The third-order valence-corrected chi connectivity index (χ3v) is 5.07. The van der Waals surface area contributed by atoms with Crippen LogP contribution in [0.25, 0.3) is 0 Å². The molecule has 0 spiro atoms. The molecule has 1 aliphatic heterocycles. The molecule has 1 atom stereocenters. The van der Waals surface area contributed by atoms with Gasteiger partial charge in [-0.05, 0) is 43.5 Å². The van der Waals surface area contributed by atoms with Crippen LogP contribution in [0.5, 0.6) is 0 Å². The lowest BCUT2D eigenvalue weighted by Crippen LogP contribution is -3.13. The second-order valence-electron chi connectivity index (χ2n) is 6.42. The van der Waals surface area contributed by atoms with Crippen LogP contribution in [-0.2, 0) is 0 Å². The molecule has 1 fully saturated rings. The minimum absolute atomic E-state index is 0.0118. The Morgan fingerprint density at radius 1 is 1.31 bits per heavy atom. The van der Waals surface area contributed by atoms with E-state index in [1.165, 1.54) is 29.5 Å². The van der Waals surface area contributed by atoms with Gasteiger partial charge >= 0.3 is 0 Å². The number of nitro groups is 1. The van der Waals surface area contributed by atoms with E-state index < -0.39 is 4.92 Å². The lowest BCUT2D eigenvalue weighted by Gasteiger charge is -2.30. The lowest BCUT2D eigenvalue weighted by molar-refractivity contribution is -0.936. The summed E-state index contributed by atoms with van der Waals surface area (Å²) < 4.78 is 5.57. The fraction of sp³-hybridized carbons (Fsp3) is 0.389. The second-order valence-corrected chi connectivity index (χ2v) is 6.83. The molecule has 0 aliphatic carbocycles. The Hall–Kier alpha value is -2.38. The lowest BCUT2D eigenvalue weighted by atomic mass is 10.1. The number of quaternary nitrogens is 1. The summed E-state index contributed by atoms with van der Waals surface area (Å²) in [5.41, 5.74) is -0.0588. The van der Waals surface area contributed by atoms with E-state index in [-0.39, 0.29) is 28.2 Å². The molecule has 3 rings (SSSR count). The number of nitro benzene ring substituents is 1. The molecule has 0 unspecified atom stereocenters. The first-order valence-electron chi connectivity index (χ1n) is 8.66. The van der Waals surface area contributed by atoms with Crippen LogP contribution < -0.4 is 10.2 Å². The van der Waals surface area contributed by atoms with E-state index in [0.717, 1.165) is 31.7 Å². The average Bonchev–Trinajstić information content (AvgIpc) is 3.17. The van der Waals surface area contributed by atoms with Crippen LogP contribution in [0.2, 0.25) is 5.02 Å². The number of benzene rings is 1. The van der Waals surface area contributed by atoms with Gasteiger partial charge in [-0.3, -0.25) is 14.9 Å². The third kappa shape index (κ3) is 4.23. The number of rotatable bonds is 6. The SMILES string of the molecule is O=C(NC[C@@H](c1ccco1)[NH+]1CCCCC1)c1ccc(Cl)c([N+](=O)[O-])c1. The maximum absolute atomic E-state index is 12.5. The summed E-state index contributed by atoms with van der Waals surface area (Å²) in [5.74, 6) is 0.474. The van der Waals surface area contributed by atoms with Gasteiger partial charge in [-0.15, -0.1) is 0 Å². The minimum atomic E-state index is -0.595. The summed E-state index contributed by atoms with van der Waals surface area (Å²) in [7, 11) is 0. The van der Waals surface area contributed by atoms with Crippen molar-refractivity contribution in [3.8, 4) is 0 Å². The summed E-state index contributed by atoms with van der Waals surface area (Å²) in [4.78, 5) is 24.3. The smallest absolute Gasteiger partial charge is 0.288 e. The molecule has 1 aliphatic rings. The topological polar surface area (TPSA) is 89.8 Å². The first-order chi connectivity index (χ1) is 12.6. The molecular weight excluding hydrogens is 358 g/mol. The first kappa shape index (κ1) is 18.4. The first-order valence-corrected chi connectivity index (χ1v) is 9.04. The highest BCUT2D eigenvalue weighted by Crippen LogP contribution is 2.25. The van der Waals surface area contributed by atoms with Gasteiger partial charge in [0, 0.05) is 11.6 Å². The second kappa shape index (κ2) is 8.33. The molecule has 0 saturated carbocycles. The Bertz CT molecular complexity index is 773. The Kier molecular flexibility index (Phi) is 5.90. The van der Waals surface area contributed by atoms with E-state index in [9.17, 15) is 14.9 Å². The Morgan fingerprint density at radius 2 is 2.08 bits per heavy atom. The van der Waals surface area contributed by atoms with Crippen LogP contribution in [0.4, 0.5) is 5.69 Å². The van der Waals surface area contributed by atoms with Gasteiger partial charge in [0.15, 0.2) is 11.8 Å². The monoisotopic (exact) mass is 378 g/mol. The van der Waals surface area contributed by atoms with Crippen LogP contribution in [0.3, 0.4) is 0 Å². The van der Waals surface area contributed by atoms with Gasteiger partial charge in [-0.25, -0.2) is 0 Å². The summed E-state index contributed by atoms with van der Waals surface area (Å²) in [6.45, 7) is 2.47. The maximum atomic E-state index is 12.5. The summed E-state index contributed by atoms with van der Waals surface area (Å²) in [6.07, 6.45) is 5.18. The van der Waals surface area contributed by atoms with Crippen molar-refractivity contribution in [3.63, 3.8) is 0 Å². The van der Waals surface area contributed by atoms with Gasteiger partial charge in [-0.2, -0.15) is 0 Å². The van der Waals surface area contributed by atoms with Crippen LogP contribution in [0, 0.1) is 10.1 Å². The number of carbonyl (C=O) groups excluding carboxylic acids is 1. The number of furan rings is 1. The van der Waals surface area contributed by atoms with Crippen molar-refractivity contribution in [1.29, 1.82) is 0 Å². The molecule has 7 nitrogen and oxygen atoms in total. The molecule has 2 N–H and O–H groups in total. The molecule has 1 saturated heterocycles. The van der Waals surface area contributed by atoms with Crippen molar-refractivity contribution in [1.82, 2.24) is 5.32 Å². The number of likely N-dealkylation sites (tertiary alicyclic amines) is 1. The normalized spacial score (nSPS) is 16.2. The largest absolute Gasteiger partial charge is 0.463 e. The van der Waals surface area contributed by atoms with Crippen LogP contribution >= 0.6 is 11.6 Å². The van der Waals surface area contributed by atoms with E-state index in [0.29, 0.717) is 6.54 Å². The summed E-state index contributed by atoms with van der Waals surface area (Å²) >= 11 is 5.80. The predicted octanol–water partition coefficient (Wildman–Crippen LogP) is 2.38. The van der Waals surface area contributed by atoms with Gasteiger partial charge in [0.1, 0.15) is 5.02 Å². The number of carbonyl (C=O) groups is 1. The molecule has 0 radical (unpaired) electrons. The Balaban J connectivity index is 1.71. The zero-order chi connectivity index (χ0) is 18.5. The van der Waals surface area contributed by atoms with Crippen molar-refractivity contribution in [2.45, 2.75) is 25.3 Å². The number of nitrogens with one attached hydrogen (secondary N) is 2. The van der Waals surface area contributed by atoms with Crippen molar-refractivity contribution >= 4 is 23.2 Å². The fourth-order valence-electron chi connectivity index (χ4n) is 3.38. The quantitative estimate of drug-likeness (QED) is 0.596. The van der Waals surface area contributed by atoms with Gasteiger partial charge in [0.2, 0.25) is 0 Å². The van der Waals surface area contributed by atoms with Crippen LogP contribution in [0.15, 0.2) is 41.0 Å². The highest BCUT2D eigenvalue weighted by molar-refractivity contribution is 6.32. The van der Waals surface area contributed by atoms with Gasteiger partial charge < -0.3 is 14.6 Å². The Morgan fingerprint density at radius 3 is 2.73 bits per heavy atom. The van der Waals surface area contributed by atoms with Gasteiger partial charge in [0.25, 0.3) is 11.6 Å². The van der Waals surface area contributed by atoms with Gasteiger partial charge in [0.05, 0.1) is 30.8 Å². The molecular formula is C18H21ClN3O4+. The van der Waals surface area contributed by atoms with Crippen molar-refractivity contribution in [3.05, 3.63) is 63.1 Å². The predicted molar refractivity (Wildman–Crippen MR) is 96.4 cm³/mol. The Labute approximate surface area is 156 Å². The van der Waals surface area contributed by atoms with Crippen LogP contribution in [-0.4, -0.2) is 30.5 Å². The van der Waals surface area contributed by atoms with Crippen molar-refractivity contribution < 1.29 is 19.0 Å². The average molecular weight is 379 g/mol. The molecule has 2 aromatic rings. The molecule has 1 amide bonds. The molecule has 1 aromatic heterocycles. The number of nitrogens with zero attached hydrogens (tertiary/aromatic N) is 1. The number of amides is 1. The molecule has 138 valence electrons. The maximum Gasteiger partial charge on any atom is 0.288 e. The standard InChI is InChI=1S/C18H20ClN3O4/c19-14-7-6-13(11-15(14)22(24)25)18(23)20-12-16(17-5-4-10-26-17)21-8-2-1-3-9-21/h4-7,10-11,16H,1-3,8-9,12H2,(H,20,23)/p+1/t16-/m0/s1. The summed E-state index contributed by atoms with van der Waals surface area (Å²) in [5, 5.41) is 13.9. The molecule has 1 aromatic carbocycles. The van der Waals surface area contributed by atoms with Crippen LogP contribution in [0.1, 0.15) is 41.4 Å². The van der Waals surface area contributed by atoms with Gasteiger partial charge in [-0.1, -0.05) is 11.6 Å². The molecule has 2 heterocycles. The highest BCUT2D eigenvalue weighted by atomic mass is 35.5. The minimum Gasteiger partial charge on any atom is -0.463 e. The van der Waals surface area contributed by atoms with Crippen molar-refractivity contribution in [2.24, 2.45) is 0 Å². The summed E-state index contributed by atoms with van der Waals surface area (Å²) in [6, 6.07) is 7.85. The fourth-order valence-corrected chi connectivity index (χ4v) is 3.57. The number of hydrogen-bond donors (Lipinski definition) is 2. The van der Waals surface area contributed by atoms with Crippen molar-refractivity contribution in [2.75, 3.05) is 19.6 Å². The van der Waals surface area contributed by atoms with E-state index in [1.54, 1.807) is 6.26 Å². The van der Waals surface area contributed by atoms with E-state index in [1.807, 2.05) is 12.1 Å². The number of hydrogen-bond acceptors (Lipinski definition) is 4. The van der Waals surface area contributed by atoms with E-state index >= 15 is 0 Å². The molecule has 26 heavy (non-hydrogen) atoms. The molecule has 0 bridgehead atoms. The van der Waals surface area contributed by atoms with E-state index in [4.69, 9.17) is 16.0 Å². The van der Waals surface area contributed by atoms with E-state index in [2.05, 4.69) is 5.32 Å². The number of halogens is 1. The molecule has 8 heteroatoms.